The Labute approximate surface area is 61.1 Å². The molecule has 1 N–H and O–H groups in total. The van der Waals surface area contributed by atoms with Crippen molar-refractivity contribution in [2.45, 2.75) is 0 Å². The minimum atomic E-state index is 0.528. The van der Waals surface area contributed by atoms with E-state index >= 15 is 0 Å². The smallest absolute Gasteiger partial charge is 0.161 e. The van der Waals surface area contributed by atoms with E-state index in [1.165, 1.54) is 6.20 Å². The molecule has 0 aliphatic heterocycles. The Bertz CT molecular complexity index is 162. The molecule has 0 aliphatic rings. The molecule has 9 heavy (non-hydrogen) atoms. The number of rotatable bonds is 3. The van der Waals surface area contributed by atoms with Gasteiger partial charge in [0.2, 0.25) is 0 Å². The van der Waals surface area contributed by atoms with Gasteiger partial charge in [-0.2, -0.15) is 0 Å². The fraction of sp³-hybridized carbons (Fsp3) is 0. The average Bonchev–Trinajstić information content (AvgIpc) is 1.89. The third-order valence-electron chi connectivity index (χ3n) is 0.483. The zero-order valence-corrected chi connectivity index (χ0v) is 6.13. The number of nitrogens with one attached hydrogen (secondary N) is 1. The van der Waals surface area contributed by atoms with Crippen molar-refractivity contribution < 1.29 is 4.79 Å². The minimum Gasteiger partial charge on any atom is -0.308 e. The largest absolute Gasteiger partial charge is 0.308 e. The van der Waals surface area contributed by atoms with E-state index in [1.807, 2.05) is 0 Å². The highest BCUT2D eigenvalue weighted by Gasteiger charge is 1.76. The van der Waals surface area contributed by atoms with Crippen LogP contribution in [0.15, 0.2) is 15.7 Å². The number of hydrogen-bond acceptors (Lipinski definition) is 3. The second-order valence-corrected chi connectivity index (χ2v) is 2.01. The molecule has 0 saturated carbocycles. The Morgan fingerprint density at radius 2 is 2.33 bits per heavy atom. The van der Waals surface area contributed by atoms with Gasteiger partial charge in [-0.15, -0.1) is 0 Å². The number of carbonyl (C=O) groups is 1. The highest BCUT2D eigenvalue weighted by Crippen LogP contribution is 1.98. The summed E-state index contributed by atoms with van der Waals surface area (Å²) >= 11 is 3.00. The van der Waals surface area contributed by atoms with E-state index in [0.717, 1.165) is 12.4 Å². The molecule has 3 nitrogen and oxygen atoms in total. The normalized spacial score (nSPS) is 11.9. The van der Waals surface area contributed by atoms with Gasteiger partial charge in [0, 0.05) is 12.4 Å². The van der Waals surface area contributed by atoms with Crippen molar-refractivity contribution in [3.05, 3.63) is 10.7 Å². The molecule has 0 rings (SSSR count). The molecule has 0 unspecified atom stereocenters. The molecular formula is C5H5BrN2O. The first kappa shape index (κ1) is 8.23. The van der Waals surface area contributed by atoms with Crippen LogP contribution in [0.2, 0.25) is 0 Å². The predicted octanol–water partition coefficient (Wildman–Crippen LogP) is 1.14. The van der Waals surface area contributed by atoms with Crippen LogP contribution in [0.4, 0.5) is 0 Å². The molecule has 0 heterocycles. The molecule has 0 aromatic carbocycles. The third kappa shape index (κ3) is 5.10. The highest BCUT2D eigenvalue weighted by molar-refractivity contribution is 9.12. The maximum atomic E-state index is 9.62. The second-order valence-electron chi connectivity index (χ2n) is 1.09. The van der Waals surface area contributed by atoms with E-state index in [0.29, 0.717) is 10.8 Å². The van der Waals surface area contributed by atoms with Gasteiger partial charge < -0.3 is 5.41 Å². The highest BCUT2D eigenvalue weighted by atomic mass is 79.9. The SMILES string of the molecule is N=C/C(Br)=C\N=CC=O. The standard InChI is InChI=1S/C5H5BrN2O/c6-5(3-7)4-8-1-2-9/h1-4,7H/b5-4+,7-3?,8-1?. The maximum Gasteiger partial charge on any atom is 0.161 e. The van der Waals surface area contributed by atoms with Gasteiger partial charge >= 0.3 is 0 Å². The lowest BCUT2D eigenvalue weighted by atomic mass is 10.7. The number of allylic oxidation sites excluding steroid dienone is 1. The van der Waals surface area contributed by atoms with Gasteiger partial charge in [-0.1, -0.05) is 0 Å². The van der Waals surface area contributed by atoms with Crippen molar-refractivity contribution in [3.63, 3.8) is 0 Å². The molecule has 4 heteroatoms. The first-order chi connectivity index (χ1) is 4.31. The Kier molecular flexibility index (Phi) is 4.91. The van der Waals surface area contributed by atoms with Gasteiger partial charge in [0.1, 0.15) is 0 Å². The van der Waals surface area contributed by atoms with Gasteiger partial charge in [0.15, 0.2) is 6.29 Å². The first-order valence-electron chi connectivity index (χ1n) is 2.14. The molecule has 0 saturated heterocycles. The predicted molar refractivity (Wildman–Crippen MR) is 40.3 cm³/mol. The molecule has 0 aliphatic carbocycles. The van der Waals surface area contributed by atoms with Crippen molar-refractivity contribution in [3.8, 4) is 0 Å². The number of carbonyl (C=O) groups excluding carboxylic acids is 1. The summed E-state index contributed by atoms with van der Waals surface area (Å²) in [6, 6.07) is 0. The van der Waals surface area contributed by atoms with Crippen LogP contribution in [-0.4, -0.2) is 18.7 Å². The van der Waals surface area contributed by atoms with Crippen LogP contribution in [0.1, 0.15) is 0 Å². The number of aldehydes is 1. The Balaban J connectivity index is 3.81. The van der Waals surface area contributed by atoms with Crippen LogP contribution in [0.5, 0.6) is 0 Å². The molecule has 0 radical (unpaired) electrons. The van der Waals surface area contributed by atoms with Crippen molar-refractivity contribution in [1.29, 1.82) is 5.41 Å². The second kappa shape index (κ2) is 5.37. The summed E-state index contributed by atoms with van der Waals surface area (Å²) in [7, 11) is 0. The lowest BCUT2D eigenvalue weighted by molar-refractivity contribution is -0.102. The van der Waals surface area contributed by atoms with Crippen LogP contribution >= 0.6 is 15.9 Å². The minimum absolute atomic E-state index is 0.528. The van der Waals surface area contributed by atoms with Crippen LogP contribution in [0.3, 0.4) is 0 Å². The number of halogens is 1. The summed E-state index contributed by atoms with van der Waals surface area (Å²) in [5.41, 5.74) is 0. The monoisotopic (exact) mass is 188 g/mol. The molecule has 48 valence electrons. The Morgan fingerprint density at radius 3 is 2.78 bits per heavy atom. The van der Waals surface area contributed by atoms with Crippen molar-refractivity contribution in [2.24, 2.45) is 4.99 Å². The first-order valence-corrected chi connectivity index (χ1v) is 2.93. The summed E-state index contributed by atoms with van der Waals surface area (Å²) in [4.78, 5) is 13.1. The fourth-order valence-electron chi connectivity index (χ4n) is 0.187. The molecular weight excluding hydrogens is 184 g/mol. The number of nitrogens with zero attached hydrogens (tertiary/aromatic N) is 1. The molecule has 0 fully saturated rings. The van der Waals surface area contributed by atoms with E-state index in [2.05, 4.69) is 20.9 Å². The van der Waals surface area contributed by atoms with E-state index in [-0.39, 0.29) is 0 Å². The zero-order chi connectivity index (χ0) is 7.11. The van der Waals surface area contributed by atoms with Crippen LogP contribution < -0.4 is 0 Å². The molecule has 0 aromatic rings. The molecule has 0 amide bonds. The molecule has 0 atom stereocenters. The van der Waals surface area contributed by atoms with Gasteiger partial charge in [-0.25, -0.2) is 0 Å². The Hall–Kier alpha value is -0.770. The summed E-state index contributed by atoms with van der Waals surface area (Å²) in [6.45, 7) is 0. The molecule has 0 aromatic heterocycles. The van der Waals surface area contributed by atoms with Gasteiger partial charge in [-0.05, 0) is 15.9 Å². The van der Waals surface area contributed by atoms with E-state index in [4.69, 9.17) is 5.41 Å². The summed E-state index contributed by atoms with van der Waals surface area (Å²) in [5.74, 6) is 0. The van der Waals surface area contributed by atoms with Gasteiger partial charge in [0.05, 0.1) is 10.7 Å². The Morgan fingerprint density at radius 1 is 1.67 bits per heavy atom. The van der Waals surface area contributed by atoms with E-state index in [9.17, 15) is 4.79 Å². The van der Waals surface area contributed by atoms with Gasteiger partial charge in [0.25, 0.3) is 0 Å². The lowest BCUT2D eigenvalue weighted by Crippen LogP contribution is -1.71. The zero-order valence-electron chi connectivity index (χ0n) is 4.54. The van der Waals surface area contributed by atoms with Crippen molar-refractivity contribution >= 4 is 34.6 Å². The van der Waals surface area contributed by atoms with Crippen molar-refractivity contribution in [1.82, 2.24) is 0 Å². The van der Waals surface area contributed by atoms with E-state index in [1.54, 1.807) is 0 Å². The average molecular weight is 189 g/mol. The number of aliphatic imine (C=N–C) groups is 1. The third-order valence-corrected chi connectivity index (χ3v) is 0.916. The van der Waals surface area contributed by atoms with Gasteiger partial charge in [-0.3, -0.25) is 9.79 Å². The molecule has 0 bridgehead atoms. The topological polar surface area (TPSA) is 53.3 Å². The van der Waals surface area contributed by atoms with Crippen molar-refractivity contribution in [2.75, 3.05) is 0 Å². The number of hydrogen-bond donors (Lipinski definition) is 1. The fourth-order valence-corrected chi connectivity index (χ4v) is 0.305. The maximum absolute atomic E-state index is 9.62. The summed E-state index contributed by atoms with van der Waals surface area (Å²) < 4.78 is 0.528. The quantitative estimate of drug-likeness (QED) is 0.525. The lowest BCUT2D eigenvalue weighted by Gasteiger charge is -1.77. The summed E-state index contributed by atoms with van der Waals surface area (Å²) in [6.07, 6.45) is 4.12. The van der Waals surface area contributed by atoms with Crippen LogP contribution in [0, 0.1) is 5.41 Å². The van der Waals surface area contributed by atoms with E-state index < -0.39 is 0 Å². The summed E-state index contributed by atoms with van der Waals surface area (Å²) in [5, 5.41) is 6.64. The van der Waals surface area contributed by atoms with Crippen LogP contribution in [-0.2, 0) is 4.79 Å². The van der Waals surface area contributed by atoms with Crippen LogP contribution in [0.25, 0.3) is 0 Å². The molecule has 0 spiro atoms.